The Kier molecular flexibility index (Phi) is 3.19. The SMILES string of the molecule is N#Cc1cc(C(=O)O)c(OS(=O)(=O)F)cc1N. The maximum Gasteiger partial charge on any atom is 0.488 e. The molecule has 0 unspecified atom stereocenters. The predicted octanol–water partition coefficient (Wildman–Crippen LogP) is 0.432. The fraction of sp³-hybridized carbons (Fsp3) is 0. The number of nitrogens with zero attached hydrogens (tertiary/aromatic N) is 1. The predicted molar refractivity (Wildman–Crippen MR) is 53.2 cm³/mol. The van der Waals surface area contributed by atoms with Crippen molar-refractivity contribution in [3.05, 3.63) is 23.3 Å². The summed E-state index contributed by atoms with van der Waals surface area (Å²) in [7, 11) is -5.37. The average Bonchev–Trinajstić information content (AvgIpc) is 2.14. The molecule has 7 nitrogen and oxygen atoms in total. The molecule has 1 aromatic carbocycles. The van der Waals surface area contributed by atoms with E-state index in [2.05, 4.69) is 4.18 Å². The Morgan fingerprint density at radius 3 is 2.53 bits per heavy atom. The van der Waals surface area contributed by atoms with Gasteiger partial charge in [-0.25, -0.2) is 4.79 Å². The molecule has 3 N–H and O–H groups in total. The number of nitrogen functional groups attached to an aromatic ring is 1. The normalized spacial score (nSPS) is 10.6. The fourth-order valence-corrected chi connectivity index (χ4v) is 1.39. The van der Waals surface area contributed by atoms with E-state index in [1.807, 2.05) is 0 Å². The van der Waals surface area contributed by atoms with Gasteiger partial charge in [0.15, 0.2) is 5.75 Å². The first kappa shape index (κ1) is 12.7. The van der Waals surface area contributed by atoms with E-state index in [4.69, 9.17) is 16.1 Å². The van der Waals surface area contributed by atoms with Crippen LogP contribution in [0.1, 0.15) is 15.9 Å². The molecule has 90 valence electrons. The standard InChI is InChI=1S/C8H5FN2O5S/c9-17(14,15)16-7-2-6(11)4(3-10)1-5(7)8(12)13/h1-2H,11H2,(H,12,13). The number of anilines is 1. The lowest BCUT2D eigenvalue weighted by Crippen LogP contribution is -2.08. The molecule has 0 fully saturated rings. The quantitative estimate of drug-likeness (QED) is 0.595. The van der Waals surface area contributed by atoms with Crippen molar-refractivity contribution in [2.24, 2.45) is 0 Å². The summed E-state index contributed by atoms with van der Waals surface area (Å²) in [6.45, 7) is 0. The van der Waals surface area contributed by atoms with Crippen LogP contribution in [0.15, 0.2) is 12.1 Å². The van der Waals surface area contributed by atoms with Gasteiger partial charge in [-0.15, -0.1) is 0 Å². The number of carboxylic acids is 1. The third kappa shape index (κ3) is 3.05. The molecule has 17 heavy (non-hydrogen) atoms. The maximum absolute atomic E-state index is 12.3. The van der Waals surface area contributed by atoms with Gasteiger partial charge in [0.05, 0.1) is 11.3 Å². The second-order valence-electron chi connectivity index (χ2n) is 2.83. The third-order valence-corrected chi connectivity index (χ3v) is 2.07. The maximum atomic E-state index is 12.3. The lowest BCUT2D eigenvalue weighted by atomic mass is 10.1. The summed E-state index contributed by atoms with van der Waals surface area (Å²) >= 11 is 0. The number of carboxylic acid groups (broad SMARTS) is 1. The highest BCUT2D eigenvalue weighted by Crippen LogP contribution is 2.26. The summed E-state index contributed by atoms with van der Waals surface area (Å²) in [5.74, 6) is -2.38. The van der Waals surface area contributed by atoms with Gasteiger partial charge in [0.25, 0.3) is 0 Å². The first-order chi connectivity index (χ1) is 7.74. The highest BCUT2D eigenvalue weighted by Gasteiger charge is 2.20. The van der Waals surface area contributed by atoms with E-state index in [-0.39, 0.29) is 11.3 Å². The number of nitriles is 1. The van der Waals surface area contributed by atoms with Crippen LogP contribution in [0.4, 0.5) is 9.57 Å². The van der Waals surface area contributed by atoms with Crippen molar-refractivity contribution in [2.75, 3.05) is 5.73 Å². The van der Waals surface area contributed by atoms with Crippen molar-refractivity contribution in [2.45, 2.75) is 0 Å². The zero-order valence-electron chi connectivity index (χ0n) is 8.05. The first-order valence-corrected chi connectivity index (χ1v) is 5.26. The summed E-state index contributed by atoms with van der Waals surface area (Å²) in [5.41, 5.74) is 4.21. The van der Waals surface area contributed by atoms with Gasteiger partial charge in [-0.1, -0.05) is 3.89 Å². The van der Waals surface area contributed by atoms with Gasteiger partial charge >= 0.3 is 16.5 Å². The first-order valence-electron chi connectivity index (χ1n) is 3.95. The summed E-state index contributed by atoms with van der Waals surface area (Å²) in [5, 5.41) is 17.3. The van der Waals surface area contributed by atoms with Crippen molar-refractivity contribution in [3.8, 4) is 11.8 Å². The summed E-state index contributed by atoms with van der Waals surface area (Å²) in [4.78, 5) is 10.7. The highest BCUT2D eigenvalue weighted by molar-refractivity contribution is 7.81. The number of benzene rings is 1. The molecule has 1 aromatic rings. The molecule has 0 atom stereocenters. The van der Waals surface area contributed by atoms with Gasteiger partial charge in [-0.2, -0.15) is 13.7 Å². The molecule has 0 aliphatic rings. The fourth-order valence-electron chi connectivity index (χ4n) is 1.04. The molecule has 0 saturated carbocycles. The van der Waals surface area contributed by atoms with E-state index in [0.29, 0.717) is 0 Å². The Morgan fingerprint density at radius 1 is 1.53 bits per heavy atom. The number of hydrogen-bond donors (Lipinski definition) is 2. The Morgan fingerprint density at radius 2 is 2.12 bits per heavy atom. The molecule has 0 bridgehead atoms. The largest absolute Gasteiger partial charge is 0.488 e. The molecule has 0 amide bonds. The van der Waals surface area contributed by atoms with Gasteiger partial charge in [0, 0.05) is 6.07 Å². The van der Waals surface area contributed by atoms with Gasteiger partial charge in [0.1, 0.15) is 11.6 Å². The van der Waals surface area contributed by atoms with Gasteiger partial charge in [0.2, 0.25) is 0 Å². The van der Waals surface area contributed by atoms with E-state index >= 15 is 0 Å². The highest BCUT2D eigenvalue weighted by atomic mass is 32.3. The number of halogens is 1. The lowest BCUT2D eigenvalue weighted by molar-refractivity contribution is 0.0695. The number of aromatic carboxylic acids is 1. The zero-order chi connectivity index (χ0) is 13.2. The Bertz CT molecular complexity index is 620. The van der Waals surface area contributed by atoms with Crippen LogP contribution >= 0.6 is 0 Å². The monoisotopic (exact) mass is 260 g/mol. The topological polar surface area (TPSA) is 130 Å². The van der Waals surface area contributed by atoms with Crippen molar-refractivity contribution in [1.82, 2.24) is 0 Å². The van der Waals surface area contributed by atoms with Gasteiger partial charge in [-0.05, 0) is 6.07 Å². The second-order valence-corrected chi connectivity index (χ2v) is 3.78. The molecule has 0 saturated heterocycles. The van der Waals surface area contributed by atoms with Crippen LogP contribution in [0.3, 0.4) is 0 Å². The van der Waals surface area contributed by atoms with Crippen LogP contribution in [0, 0.1) is 11.3 Å². The van der Waals surface area contributed by atoms with E-state index < -0.39 is 27.8 Å². The molecule has 0 radical (unpaired) electrons. The van der Waals surface area contributed by atoms with Gasteiger partial charge < -0.3 is 15.0 Å². The smallest absolute Gasteiger partial charge is 0.478 e. The van der Waals surface area contributed by atoms with E-state index in [9.17, 15) is 17.1 Å². The minimum absolute atomic E-state index is 0.189. The van der Waals surface area contributed by atoms with Crippen LogP contribution in [-0.2, 0) is 10.5 Å². The molecular formula is C8H5FN2O5S. The molecular weight excluding hydrogens is 255 g/mol. The number of nitrogens with two attached hydrogens (primary N) is 1. The summed E-state index contributed by atoms with van der Waals surface area (Å²) < 4.78 is 36.6. The lowest BCUT2D eigenvalue weighted by Gasteiger charge is -2.06. The van der Waals surface area contributed by atoms with E-state index in [1.165, 1.54) is 0 Å². The third-order valence-electron chi connectivity index (χ3n) is 1.69. The number of hydrogen-bond acceptors (Lipinski definition) is 6. The minimum Gasteiger partial charge on any atom is -0.478 e. The van der Waals surface area contributed by atoms with E-state index in [0.717, 1.165) is 12.1 Å². The summed E-state index contributed by atoms with van der Waals surface area (Å²) in [6.07, 6.45) is 0. The van der Waals surface area contributed by atoms with Crippen LogP contribution < -0.4 is 9.92 Å². The van der Waals surface area contributed by atoms with E-state index in [1.54, 1.807) is 6.07 Å². The Hall–Kier alpha value is -2.34. The molecule has 0 aliphatic heterocycles. The number of rotatable bonds is 3. The zero-order valence-corrected chi connectivity index (χ0v) is 8.86. The molecule has 9 heteroatoms. The van der Waals surface area contributed by atoms with Crippen molar-refractivity contribution < 1.29 is 26.4 Å². The van der Waals surface area contributed by atoms with Crippen LogP contribution in [0.5, 0.6) is 5.75 Å². The molecule has 0 spiro atoms. The van der Waals surface area contributed by atoms with Crippen molar-refractivity contribution in [3.63, 3.8) is 0 Å². The Balaban J connectivity index is 3.45. The van der Waals surface area contributed by atoms with Crippen molar-refractivity contribution in [1.29, 1.82) is 5.26 Å². The second kappa shape index (κ2) is 4.26. The van der Waals surface area contributed by atoms with Gasteiger partial charge in [-0.3, -0.25) is 0 Å². The minimum atomic E-state index is -5.37. The Labute approximate surface area is 95.3 Å². The molecule has 1 rings (SSSR count). The number of carbonyl (C=O) groups is 1. The van der Waals surface area contributed by atoms with Crippen LogP contribution in [0.25, 0.3) is 0 Å². The molecule has 0 aliphatic carbocycles. The molecule has 0 aromatic heterocycles. The van der Waals surface area contributed by atoms with Crippen LogP contribution in [-0.4, -0.2) is 19.5 Å². The molecule has 0 heterocycles. The van der Waals surface area contributed by atoms with Crippen LogP contribution in [0.2, 0.25) is 0 Å². The average molecular weight is 260 g/mol. The summed E-state index contributed by atoms with van der Waals surface area (Å²) in [6, 6.07) is 3.13. The van der Waals surface area contributed by atoms with Crippen molar-refractivity contribution >= 4 is 22.2 Å².